The summed E-state index contributed by atoms with van der Waals surface area (Å²) in [6.45, 7) is 4.78. The summed E-state index contributed by atoms with van der Waals surface area (Å²) < 4.78 is 33.3. The highest BCUT2D eigenvalue weighted by Gasteiger charge is 2.34. The molecule has 11 heteroatoms. The van der Waals surface area contributed by atoms with Crippen LogP contribution < -0.4 is 15.8 Å². The Morgan fingerprint density at radius 3 is 2.64 bits per heavy atom. The van der Waals surface area contributed by atoms with Crippen molar-refractivity contribution >= 4 is 11.8 Å². The minimum absolute atomic E-state index is 0.0254. The fourth-order valence-electron chi connectivity index (χ4n) is 3.53. The van der Waals surface area contributed by atoms with E-state index >= 15 is 0 Å². The predicted molar refractivity (Wildman–Crippen MR) is 116 cm³/mol. The molecule has 33 heavy (non-hydrogen) atoms. The Morgan fingerprint density at radius 1 is 1.27 bits per heavy atom. The molecule has 0 saturated heterocycles. The van der Waals surface area contributed by atoms with Crippen LogP contribution in [-0.2, 0) is 11.3 Å². The Bertz CT molecular complexity index is 1120. The standard InChI is InChI=1S/C22H26F2N4O5/c1-13(2)10-27-12-26(6-7-33-3)22(32)18-20(30)19(29)16(11-28(18)27)21(31)25-9-14-4-5-15(23)8-17(14)24/h4-5,8,11,13,30H,6-7,9-10,12H2,1-3H3,(H,25,31). The number of carbonyl (C=O) groups excluding carboxylic acids is 2. The smallest absolute Gasteiger partial charge is 0.277 e. The largest absolute Gasteiger partial charge is 0.502 e. The number of aromatic nitrogens is 1. The maximum atomic E-state index is 13.9. The number of pyridine rings is 1. The van der Waals surface area contributed by atoms with Crippen LogP contribution in [0.2, 0.25) is 0 Å². The zero-order valence-corrected chi connectivity index (χ0v) is 18.6. The molecule has 9 nitrogen and oxygen atoms in total. The van der Waals surface area contributed by atoms with Crippen molar-refractivity contribution in [1.82, 2.24) is 14.9 Å². The Hall–Kier alpha value is -3.47. The topological polar surface area (TPSA) is 104 Å². The van der Waals surface area contributed by atoms with Gasteiger partial charge in [-0.2, -0.15) is 0 Å². The van der Waals surface area contributed by atoms with Crippen molar-refractivity contribution in [3.05, 3.63) is 63.1 Å². The SMILES string of the molecule is COCCN1CN(CC(C)C)n2cc(C(=O)NCc3ccc(F)cc3F)c(=O)c(O)c2C1=O. The van der Waals surface area contributed by atoms with E-state index in [4.69, 9.17) is 4.74 Å². The monoisotopic (exact) mass is 464 g/mol. The molecule has 2 N–H and O–H groups in total. The second-order valence-corrected chi connectivity index (χ2v) is 8.12. The van der Waals surface area contributed by atoms with Gasteiger partial charge in [-0.3, -0.25) is 24.1 Å². The van der Waals surface area contributed by atoms with Gasteiger partial charge in [-0.1, -0.05) is 19.9 Å². The summed E-state index contributed by atoms with van der Waals surface area (Å²) in [5.74, 6) is -3.72. The van der Waals surface area contributed by atoms with Crippen molar-refractivity contribution in [2.45, 2.75) is 20.4 Å². The minimum Gasteiger partial charge on any atom is -0.502 e. The third-order valence-corrected chi connectivity index (χ3v) is 5.13. The van der Waals surface area contributed by atoms with Crippen LogP contribution in [0.1, 0.15) is 40.3 Å². The summed E-state index contributed by atoms with van der Waals surface area (Å²) in [6.07, 6.45) is 1.20. The van der Waals surface area contributed by atoms with Gasteiger partial charge in [0.1, 0.15) is 23.9 Å². The van der Waals surface area contributed by atoms with Crippen molar-refractivity contribution in [3.63, 3.8) is 0 Å². The van der Waals surface area contributed by atoms with Crippen LogP contribution in [0.25, 0.3) is 0 Å². The van der Waals surface area contributed by atoms with E-state index in [0.717, 1.165) is 6.07 Å². The molecule has 2 aromatic rings. The summed E-state index contributed by atoms with van der Waals surface area (Å²) in [4.78, 5) is 39.8. The summed E-state index contributed by atoms with van der Waals surface area (Å²) >= 11 is 0. The highest BCUT2D eigenvalue weighted by Crippen LogP contribution is 2.22. The van der Waals surface area contributed by atoms with Crippen LogP contribution in [0.5, 0.6) is 5.75 Å². The van der Waals surface area contributed by atoms with E-state index in [-0.39, 0.29) is 43.5 Å². The number of hydrogen-bond acceptors (Lipinski definition) is 6. The summed E-state index contributed by atoms with van der Waals surface area (Å²) in [7, 11) is 1.50. The Kier molecular flexibility index (Phi) is 7.32. The third kappa shape index (κ3) is 5.14. The zero-order valence-electron chi connectivity index (χ0n) is 18.6. The molecule has 0 bridgehead atoms. The van der Waals surface area contributed by atoms with E-state index in [1.165, 1.54) is 28.9 Å². The van der Waals surface area contributed by atoms with Crippen molar-refractivity contribution in [1.29, 1.82) is 0 Å². The van der Waals surface area contributed by atoms with Crippen LogP contribution in [0, 0.1) is 17.6 Å². The number of carbonyl (C=O) groups is 2. The lowest BCUT2D eigenvalue weighted by atomic mass is 10.1. The van der Waals surface area contributed by atoms with E-state index in [0.29, 0.717) is 12.6 Å². The molecule has 0 spiro atoms. The second-order valence-electron chi connectivity index (χ2n) is 8.12. The van der Waals surface area contributed by atoms with E-state index in [2.05, 4.69) is 5.32 Å². The molecular formula is C22H26F2N4O5. The van der Waals surface area contributed by atoms with Crippen LogP contribution >= 0.6 is 0 Å². The highest BCUT2D eigenvalue weighted by molar-refractivity contribution is 5.99. The second kappa shape index (κ2) is 9.99. The first-order chi connectivity index (χ1) is 15.6. The quantitative estimate of drug-likeness (QED) is 0.613. The molecule has 2 amide bonds. The summed E-state index contributed by atoms with van der Waals surface area (Å²) in [5.41, 5.74) is -1.66. The number of amides is 2. The van der Waals surface area contributed by atoms with Gasteiger partial charge in [-0.15, -0.1) is 0 Å². The van der Waals surface area contributed by atoms with Gasteiger partial charge in [0, 0.05) is 44.6 Å². The molecule has 0 saturated carbocycles. The number of hydrogen-bond donors (Lipinski definition) is 2. The Morgan fingerprint density at radius 2 is 2.00 bits per heavy atom. The Labute approximate surface area is 189 Å². The number of benzene rings is 1. The molecular weight excluding hydrogens is 438 g/mol. The van der Waals surface area contributed by atoms with E-state index < -0.39 is 40.2 Å². The van der Waals surface area contributed by atoms with Crippen LogP contribution in [0.3, 0.4) is 0 Å². The molecule has 1 aromatic heterocycles. The average Bonchev–Trinajstić information content (AvgIpc) is 2.75. The number of aromatic hydroxyl groups is 1. The van der Waals surface area contributed by atoms with Gasteiger partial charge in [0.05, 0.1) is 6.61 Å². The lowest BCUT2D eigenvalue weighted by molar-refractivity contribution is 0.0618. The van der Waals surface area contributed by atoms with Crippen molar-refractivity contribution in [2.75, 3.05) is 38.5 Å². The fraction of sp³-hybridized carbons (Fsp3) is 0.409. The molecule has 1 aliphatic rings. The molecule has 1 aromatic carbocycles. The number of nitrogens with zero attached hydrogens (tertiary/aromatic N) is 3. The van der Waals surface area contributed by atoms with Crippen molar-refractivity contribution in [2.24, 2.45) is 5.92 Å². The molecule has 1 aliphatic heterocycles. The molecule has 3 rings (SSSR count). The van der Waals surface area contributed by atoms with E-state index in [1.54, 1.807) is 5.01 Å². The van der Waals surface area contributed by atoms with Crippen LogP contribution in [-0.4, -0.2) is 60.0 Å². The fourth-order valence-corrected chi connectivity index (χ4v) is 3.53. The molecule has 0 fully saturated rings. The van der Waals surface area contributed by atoms with E-state index in [9.17, 15) is 28.3 Å². The van der Waals surface area contributed by atoms with Crippen LogP contribution in [0.15, 0.2) is 29.2 Å². The van der Waals surface area contributed by atoms with Gasteiger partial charge in [-0.25, -0.2) is 8.78 Å². The number of fused-ring (bicyclic) bond motifs is 1. The maximum Gasteiger partial charge on any atom is 0.277 e. The van der Waals surface area contributed by atoms with Gasteiger partial charge < -0.3 is 20.1 Å². The lowest BCUT2D eigenvalue weighted by Crippen LogP contribution is -2.56. The number of methoxy groups -OCH3 is 1. The molecule has 0 radical (unpaired) electrons. The maximum absolute atomic E-state index is 13.9. The van der Waals surface area contributed by atoms with Crippen molar-refractivity contribution in [3.8, 4) is 5.75 Å². The number of halogens is 2. The third-order valence-electron chi connectivity index (χ3n) is 5.13. The highest BCUT2D eigenvalue weighted by atomic mass is 19.1. The first-order valence-corrected chi connectivity index (χ1v) is 10.4. The lowest BCUT2D eigenvalue weighted by Gasteiger charge is -2.40. The predicted octanol–water partition coefficient (Wildman–Crippen LogP) is 1.42. The minimum atomic E-state index is -1.02. The van der Waals surface area contributed by atoms with Gasteiger partial charge in [0.15, 0.2) is 11.4 Å². The average molecular weight is 464 g/mol. The van der Waals surface area contributed by atoms with Crippen LogP contribution in [0.4, 0.5) is 8.78 Å². The van der Waals surface area contributed by atoms with Crippen molar-refractivity contribution < 1.29 is 28.2 Å². The number of ether oxygens (including phenoxy) is 1. The summed E-state index contributed by atoms with van der Waals surface area (Å²) in [5, 5.41) is 14.7. The Balaban J connectivity index is 1.95. The molecule has 0 aliphatic carbocycles. The summed E-state index contributed by atoms with van der Waals surface area (Å²) in [6, 6.07) is 2.92. The van der Waals surface area contributed by atoms with Gasteiger partial charge in [-0.05, 0) is 12.0 Å². The molecule has 0 unspecified atom stereocenters. The zero-order chi connectivity index (χ0) is 24.3. The van der Waals surface area contributed by atoms with E-state index in [1.807, 2.05) is 13.8 Å². The molecule has 2 heterocycles. The number of rotatable bonds is 8. The van der Waals surface area contributed by atoms with Gasteiger partial charge in [0.25, 0.3) is 11.8 Å². The van der Waals surface area contributed by atoms with Gasteiger partial charge in [0.2, 0.25) is 5.43 Å². The normalized spacial score (nSPS) is 13.5. The number of nitrogens with one attached hydrogen (secondary N) is 1. The first kappa shape index (κ1) is 24.2. The molecule has 178 valence electrons. The van der Waals surface area contributed by atoms with Gasteiger partial charge >= 0.3 is 0 Å². The first-order valence-electron chi connectivity index (χ1n) is 10.4. The molecule has 0 atom stereocenters.